The van der Waals surface area contributed by atoms with Gasteiger partial charge in [-0.25, -0.2) is 8.78 Å². The van der Waals surface area contributed by atoms with Crippen LogP contribution in [0.1, 0.15) is 131 Å². The molecule has 3 fully saturated rings. The van der Waals surface area contributed by atoms with Crippen molar-refractivity contribution in [1.82, 2.24) is 0 Å². The molecule has 5 rings (SSSR count). The zero-order valence-corrected chi connectivity index (χ0v) is 22.9. The van der Waals surface area contributed by atoms with Gasteiger partial charge in [-0.2, -0.15) is 17.2 Å². The first kappa shape index (κ1) is 28.4. The molecule has 2 aromatic rings. The van der Waals surface area contributed by atoms with Crippen LogP contribution in [0.15, 0.2) is 17.0 Å². The summed E-state index contributed by atoms with van der Waals surface area (Å²) in [4.78, 5) is -2.06. The van der Waals surface area contributed by atoms with Gasteiger partial charge in [0.1, 0.15) is 5.75 Å². The van der Waals surface area contributed by atoms with E-state index < -0.39 is 44.0 Å². The van der Waals surface area contributed by atoms with Crippen LogP contribution in [0.5, 0.6) is 11.5 Å². The summed E-state index contributed by atoms with van der Waals surface area (Å²) in [5, 5.41) is 0. The lowest BCUT2D eigenvalue weighted by Gasteiger charge is -2.32. The molecule has 1 N–H and O–H groups in total. The quantitative estimate of drug-likeness (QED) is 0.214. The third kappa shape index (κ3) is 5.85. The Labute approximate surface area is 227 Å². The Balaban J connectivity index is 1.69. The van der Waals surface area contributed by atoms with Gasteiger partial charge in [0, 0.05) is 0 Å². The van der Waals surface area contributed by atoms with Gasteiger partial charge in [0.15, 0.2) is 16.5 Å². The Morgan fingerprint density at radius 3 is 1.36 bits per heavy atom. The monoisotopic (exact) mass is 568 g/mol. The van der Waals surface area contributed by atoms with Crippen molar-refractivity contribution < 1.29 is 35.3 Å². The van der Waals surface area contributed by atoms with Crippen molar-refractivity contribution in [3.8, 4) is 11.5 Å². The molecule has 0 spiro atoms. The smallest absolute Gasteiger partial charge is 0.300 e. The summed E-state index contributed by atoms with van der Waals surface area (Å²) < 4.78 is 97.7. The molecule has 0 heterocycles. The van der Waals surface area contributed by atoms with E-state index >= 15 is 8.78 Å². The number of halogens is 4. The molecule has 2 aromatic carbocycles. The number of hydrogen-bond donors (Lipinski definition) is 1. The van der Waals surface area contributed by atoms with Crippen LogP contribution in [-0.4, -0.2) is 13.0 Å². The fourth-order valence-corrected chi connectivity index (χ4v) is 7.56. The van der Waals surface area contributed by atoms with Crippen molar-refractivity contribution in [2.45, 2.75) is 119 Å². The lowest BCUT2D eigenvalue weighted by atomic mass is 9.75. The highest BCUT2D eigenvalue weighted by Crippen LogP contribution is 2.49. The minimum Gasteiger partial charge on any atom is -0.450 e. The molecule has 214 valence electrons. The van der Waals surface area contributed by atoms with Crippen LogP contribution in [0, 0.1) is 23.3 Å². The number of benzene rings is 2. The number of rotatable bonds is 6. The minimum absolute atomic E-state index is 0.0811. The predicted octanol–water partition coefficient (Wildman–Crippen LogP) is 9.43. The first-order valence-electron chi connectivity index (χ1n) is 14.4. The molecule has 39 heavy (non-hydrogen) atoms. The summed E-state index contributed by atoms with van der Waals surface area (Å²) in [5.41, 5.74) is 2.83. The van der Waals surface area contributed by atoms with Gasteiger partial charge in [-0.3, -0.25) is 4.55 Å². The average molecular weight is 569 g/mol. The van der Waals surface area contributed by atoms with Gasteiger partial charge >= 0.3 is 10.1 Å². The fraction of sp³-hybridized carbons (Fsp3) is 0.600. The normalized spacial score (nSPS) is 20.3. The van der Waals surface area contributed by atoms with Crippen molar-refractivity contribution in [3.63, 3.8) is 0 Å². The second kappa shape index (κ2) is 11.8. The summed E-state index contributed by atoms with van der Waals surface area (Å²) in [7, 11) is -5.55. The van der Waals surface area contributed by atoms with Crippen molar-refractivity contribution in [2.75, 3.05) is 0 Å². The Morgan fingerprint density at radius 2 is 0.974 bits per heavy atom. The van der Waals surface area contributed by atoms with E-state index in [0.29, 0.717) is 5.92 Å². The first-order chi connectivity index (χ1) is 18.7. The summed E-state index contributed by atoms with van der Waals surface area (Å²) in [6, 6.07) is 4.17. The topological polar surface area (TPSA) is 63.6 Å². The molecule has 0 amide bonds. The van der Waals surface area contributed by atoms with Gasteiger partial charge < -0.3 is 4.74 Å². The minimum atomic E-state index is -5.55. The van der Waals surface area contributed by atoms with Gasteiger partial charge in [-0.15, -0.1) is 0 Å². The van der Waals surface area contributed by atoms with E-state index in [1.54, 1.807) is 0 Å². The molecule has 0 unspecified atom stereocenters. The molecule has 0 atom stereocenters. The van der Waals surface area contributed by atoms with Crippen molar-refractivity contribution >= 4 is 10.1 Å². The van der Waals surface area contributed by atoms with Crippen molar-refractivity contribution in [3.05, 3.63) is 52.1 Å². The van der Waals surface area contributed by atoms with Gasteiger partial charge in [0.25, 0.3) is 0 Å². The van der Waals surface area contributed by atoms with E-state index in [1.807, 2.05) is 0 Å². The SMILES string of the molecule is O=S(=O)(O)c1c(F)c(F)c(Oc2c(C3CCCCC3)cc(C3CCCCC3)cc2C2CCCCC2)c(F)c1F. The molecule has 9 heteroatoms. The van der Waals surface area contributed by atoms with Crippen molar-refractivity contribution in [2.24, 2.45) is 0 Å². The standard InChI is InChI=1S/C30H36F4O4S/c31-24-26(33)30(39(35,36)37)27(34)25(32)29(24)38-28-22(19-12-6-2-7-13-19)16-21(18-10-4-1-5-11-18)17-23(28)20-14-8-3-9-15-20/h16-20H,1-15H2,(H,35,36,37). The maximum atomic E-state index is 15.2. The van der Waals surface area contributed by atoms with Crippen LogP contribution in [0.2, 0.25) is 0 Å². The van der Waals surface area contributed by atoms with Crippen LogP contribution >= 0.6 is 0 Å². The van der Waals surface area contributed by atoms with E-state index in [-0.39, 0.29) is 17.6 Å². The van der Waals surface area contributed by atoms with Gasteiger partial charge in [-0.1, -0.05) is 69.9 Å². The second-order valence-corrected chi connectivity index (χ2v) is 12.9. The molecule has 3 saturated carbocycles. The highest BCUT2D eigenvalue weighted by Gasteiger charge is 2.35. The molecule has 3 aliphatic carbocycles. The Bertz CT molecular complexity index is 1240. The maximum absolute atomic E-state index is 15.2. The summed E-state index contributed by atoms with van der Waals surface area (Å²) in [6.07, 6.45) is 15.4. The maximum Gasteiger partial charge on any atom is 0.300 e. The summed E-state index contributed by atoms with van der Waals surface area (Å²) >= 11 is 0. The van der Waals surface area contributed by atoms with Gasteiger partial charge in [0.2, 0.25) is 17.4 Å². The Morgan fingerprint density at radius 1 is 0.590 bits per heavy atom. The number of hydrogen-bond acceptors (Lipinski definition) is 3. The zero-order chi connectivity index (χ0) is 27.7. The summed E-state index contributed by atoms with van der Waals surface area (Å²) in [6.45, 7) is 0. The average Bonchev–Trinajstić information content (AvgIpc) is 2.95. The molecular formula is C30H36F4O4S. The van der Waals surface area contributed by atoms with Gasteiger partial charge in [-0.05, 0) is 73.0 Å². The summed E-state index contributed by atoms with van der Waals surface area (Å²) in [5.74, 6) is -8.91. The second-order valence-electron chi connectivity index (χ2n) is 11.5. The Hall–Kier alpha value is -2.13. The third-order valence-corrected chi connectivity index (χ3v) is 9.85. The highest BCUT2D eigenvalue weighted by atomic mass is 32.2. The molecule has 0 aliphatic heterocycles. The molecule has 0 aromatic heterocycles. The molecule has 4 nitrogen and oxygen atoms in total. The van der Waals surface area contributed by atoms with E-state index in [4.69, 9.17) is 4.74 Å². The van der Waals surface area contributed by atoms with Crippen LogP contribution in [0.3, 0.4) is 0 Å². The third-order valence-electron chi connectivity index (χ3n) is 8.98. The van der Waals surface area contributed by atoms with Gasteiger partial charge in [0.05, 0.1) is 0 Å². The first-order valence-corrected chi connectivity index (χ1v) is 15.8. The molecule has 3 aliphatic rings. The molecule has 0 saturated heterocycles. The lowest BCUT2D eigenvalue weighted by molar-refractivity contribution is 0.335. The predicted molar refractivity (Wildman–Crippen MR) is 140 cm³/mol. The fourth-order valence-electron chi connectivity index (χ4n) is 6.93. The molecular weight excluding hydrogens is 532 g/mol. The van der Waals surface area contributed by atoms with Crippen LogP contribution in [0.25, 0.3) is 0 Å². The van der Waals surface area contributed by atoms with Crippen LogP contribution in [0.4, 0.5) is 17.6 Å². The highest BCUT2D eigenvalue weighted by molar-refractivity contribution is 7.85. The largest absolute Gasteiger partial charge is 0.450 e. The van der Waals surface area contributed by atoms with E-state index in [1.165, 1.54) is 12.0 Å². The zero-order valence-electron chi connectivity index (χ0n) is 22.1. The van der Waals surface area contributed by atoms with Crippen molar-refractivity contribution in [1.29, 1.82) is 0 Å². The van der Waals surface area contributed by atoms with Crippen LogP contribution in [-0.2, 0) is 10.1 Å². The molecule has 0 radical (unpaired) electrons. The van der Waals surface area contributed by atoms with E-state index in [2.05, 4.69) is 12.1 Å². The molecule has 0 bridgehead atoms. The van der Waals surface area contributed by atoms with E-state index in [9.17, 15) is 21.8 Å². The van der Waals surface area contributed by atoms with Crippen LogP contribution < -0.4 is 4.74 Å². The lowest BCUT2D eigenvalue weighted by Crippen LogP contribution is -2.15. The number of ether oxygens (including phenoxy) is 1. The Kier molecular flexibility index (Phi) is 8.57. The van der Waals surface area contributed by atoms with E-state index in [0.717, 1.165) is 101 Å².